The molecule has 2 aromatic carbocycles. The maximum atomic E-state index is 12.7. The first-order chi connectivity index (χ1) is 14.1. The van der Waals surface area contributed by atoms with Crippen molar-refractivity contribution in [2.24, 2.45) is 0 Å². The summed E-state index contributed by atoms with van der Waals surface area (Å²) in [6, 6.07) is 18.1. The molecule has 1 amide bonds. The van der Waals surface area contributed by atoms with Gasteiger partial charge in [-0.2, -0.15) is 0 Å². The average molecular weight is 389 g/mol. The number of aromatic amines is 1. The normalized spacial score (nSPS) is 11.1. The molecular weight excluding hydrogens is 360 g/mol. The second-order valence-corrected chi connectivity index (χ2v) is 7.14. The number of allylic oxidation sites excluding steroid dienone is 1. The lowest BCUT2D eigenvalue weighted by atomic mass is 10.1. The quantitative estimate of drug-likeness (QED) is 0.604. The summed E-state index contributed by atoms with van der Waals surface area (Å²) in [6.07, 6.45) is 3.92. The van der Waals surface area contributed by atoms with E-state index in [1.807, 2.05) is 68.5 Å². The third kappa shape index (κ3) is 5.65. The lowest BCUT2D eigenvalue weighted by Gasteiger charge is -2.16. The fourth-order valence-electron chi connectivity index (χ4n) is 3.16. The average Bonchev–Trinajstić information content (AvgIpc) is 3.08. The molecule has 0 bridgehead atoms. The van der Waals surface area contributed by atoms with Crippen LogP contribution in [-0.2, 0) is 19.6 Å². The van der Waals surface area contributed by atoms with Crippen LogP contribution in [0.5, 0.6) is 0 Å². The Balaban J connectivity index is 1.54. The van der Waals surface area contributed by atoms with Crippen LogP contribution in [0.2, 0.25) is 0 Å². The second-order valence-electron chi connectivity index (χ2n) is 7.14. The number of carbonyl (C=O) groups is 1. The van der Waals surface area contributed by atoms with E-state index < -0.39 is 0 Å². The van der Waals surface area contributed by atoms with Gasteiger partial charge in [-0.05, 0) is 43.2 Å². The number of hydrogen-bond donors (Lipinski definition) is 2. The molecule has 0 radical (unpaired) electrons. The summed E-state index contributed by atoms with van der Waals surface area (Å²) in [4.78, 5) is 22.2. The summed E-state index contributed by atoms with van der Waals surface area (Å²) in [5.74, 6) is 0.767. The Hall–Kier alpha value is -3.18. The summed E-state index contributed by atoms with van der Waals surface area (Å²) >= 11 is 0. The number of H-pyrrole nitrogens is 1. The zero-order valence-corrected chi connectivity index (χ0v) is 17.3. The lowest BCUT2D eigenvalue weighted by molar-refractivity contribution is 0.0782. The monoisotopic (exact) mass is 388 g/mol. The Morgan fingerprint density at radius 3 is 2.38 bits per heavy atom. The minimum absolute atomic E-state index is 0.0181. The Morgan fingerprint density at radius 2 is 1.72 bits per heavy atom. The molecule has 0 spiro atoms. The third-order valence-corrected chi connectivity index (χ3v) is 4.73. The molecule has 0 unspecified atom stereocenters. The summed E-state index contributed by atoms with van der Waals surface area (Å²) in [5.41, 5.74) is 5.00. The van der Waals surface area contributed by atoms with Crippen LogP contribution in [0.1, 0.15) is 45.6 Å². The van der Waals surface area contributed by atoms with Crippen LogP contribution in [0.25, 0.3) is 6.08 Å². The van der Waals surface area contributed by atoms with Crippen molar-refractivity contribution in [3.63, 3.8) is 0 Å². The fourth-order valence-corrected chi connectivity index (χ4v) is 3.16. The van der Waals surface area contributed by atoms with E-state index in [2.05, 4.69) is 27.4 Å². The number of imidazole rings is 1. The van der Waals surface area contributed by atoms with Crippen molar-refractivity contribution in [1.29, 1.82) is 0 Å². The molecular formula is C24H28N4O. The van der Waals surface area contributed by atoms with Crippen LogP contribution in [0, 0.1) is 6.92 Å². The minimum Gasteiger partial charge on any atom is -0.344 e. The number of aromatic nitrogens is 2. The first-order valence-corrected chi connectivity index (χ1v) is 9.84. The molecule has 3 rings (SSSR count). The molecule has 5 nitrogen and oxygen atoms in total. The second kappa shape index (κ2) is 9.85. The topological polar surface area (TPSA) is 61.0 Å². The van der Waals surface area contributed by atoms with Gasteiger partial charge in [-0.1, -0.05) is 48.5 Å². The maximum Gasteiger partial charge on any atom is 0.253 e. The van der Waals surface area contributed by atoms with Gasteiger partial charge in [0, 0.05) is 31.4 Å². The van der Waals surface area contributed by atoms with E-state index >= 15 is 0 Å². The highest BCUT2D eigenvalue weighted by atomic mass is 16.2. The van der Waals surface area contributed by atoms with Crippen LogP contribution >= 0.6 is 0 Å². The lowest BCUT2D eigenvalue weighted by Crippen LogP contribution is -2.26. The molecule has 0 aliphatic carbocycles. The van der Waals surface area contributed by atoms with Gasteiger partial charge in [0.25, 0.3) is 5.91 Å². The van der Waals surface area contributed by atoms with Gasteiger partial charge in [-0.15, -0.1) is 0 Å². The number of carbonyl (C=O) groups excluding carboxylic acids is 1. The summed E-state index contributed by atoms with van der Waals surface area (Å²) in [6.45, 7) is 5.97. The molecule has 2 N–H and O–H groups in total. The molecule has 3 aromatic rings. The molecule has 0 saturated carbocycles. The molecule has 0 aliphatic heterocycles. The maximum absolute atomic E-state index is 12.7. The number of benzene rings is 2. The number of nitrogens with one attached hydrogen (secondary N) is 2. The molecule has 1 aromatic heterocycles. The van der Waals surface area contributed by atoms with Gasteiger partial charge >= 0.3 is 0 Å². The Bertz CT molecular complexity index is 958. The van der Waals surface area contributed by atoms with Crippen molar-refractivity contribution in [2.45, 2.75) is 33.5 Å². The van der Waals surface area contributed by atoms with Crippen molar-refractivity contribution < 1.29 is 4.79 Å². The SMILES string of the molecule is C/C=C\c1nc(CN(C)C(=O)c2ccc(CNCc3ccccc3)cc2)[nH]c1C. The third-order valence-electron chi connectivity index (χ3n) is 4.73. The predicted octanol–water partition coefficient (Wildman–Crippen LogP) is 4.31. The molecule has 5 heteroatoms. The standard InChI is InChI=1S/C24H28N4O/c1-4-8-22-18(2)26-23(27-22)17-28(3)24(29)21-13-11-20(12-14-21)16-25-15-19-9-6-5-7-10-19/h4-14,25H,15-17H2,1-3H3,(H,26,27)/b8-4-. The highest BCUT2D eigenvalue weighted by Crippen LogP contribution is 2.12. The van der Waals surface area contributed by atoms with E-state index in [0.717, 1.165) is 35.9 Å². The highest BCUT2D eigenvalue weighted by molar-refractivity contribution is 5.94. The van der Waals surface area contributed by atoms with Gasteiger partial charge in [0.05, 0.1) is 12.2 Å². The predicted molar refractivity (Wildman–Crippen MR) is 117 cm³/mol. The summed E-state index contributed by atoms with van der Waals surface area (Å²) in [7, 11) is 1.80. The van der Waals surface area contributed by atoms with Gasteiger partial charge < -0.3 is 15.2 Å². The molecule has 0 saturated heterocycles. The van der Waals surface area contributed by atoms with E-state index in [1.54, 1.807) is 11.9 Å². The minimum atomic E-state index is -0.0181. The van der Waals surface area contributed by atoms with Crippen LogP contribution in [0.4, 0.5) is 0 Å². The fraction of sp³-hybridized carbons (Fsp3) is 0.250. The van der Waals surface area contributed by atoms with Gasteiger partial charge in [0.2, 0.25) is 0 Å². The van der Waals surface area contributed by atoms with E-state index in [-0.39, 0.29) is 5.91 Å². The van der Waals surface area contributed by atoms with E-state index in [9.17, 15) is 4.79 Å². The van der Waals surface area contributed by atoms with Crippen molar-refractivity contribution in [3.05, 3.63) is 94.6 Å². The smallest absolute Gasteiger partial charge is 0.253 e. The first-order valence-electron chi connectivity index (χ1n) is 9.84. The highest BCUT2D eigenvalue weighted by Gasteiger charge is 2.14. The zero-order valence-electron chi connectivity index (χ0n) is 17.3. The van der Waals surface area contributed by atoms with Crippen molar-refractivity contribution in [3.8, 4) is 0 Å². The van der Waals surface area contributed by atoms with Crippen molar-refractivity contribution in [1.82, 2.24) is 20.2 Å². The largest absolute Gasteiger partial charge is 0.344 e. The number of nitrogens with zero attached hydrogens (tertiary/aromatic N) is 2. The molecule has 0 aliphatic rings. The number of rotatable bonds is 8. The van der Waals surface area contributed by atoms with Crippen LogP contribution in [0.15, 0.2) is 60.7 Å². The molecule has 0 fully saturated rings. The zero-order chi connectivity index (χ0) is 20.6. The van der Waals surface area contributed by atoms with E-state index in [0.29, 0.717) is 12.1 Å². The van der Waals surface area contributed by atoms with Crippen molar-refractivity contribution in [2.75, 3.05) is 7.05 Å². The van der Waals surface area contributed by atoms with Crippen LogP contribution < -0.4 is 5.32 Å². The summed E-state index contributed by atoms with van der Waals surface area (Å²) < 4.78 is 0. The number of amides is 1. The molecule has 0 atom stereocenters. The number of hydrogen-bond acceptors (Lipinski definition) is 3. The van der Waals surface area contributed by atoms with Crippen molar-refractivity contribution >= 4 is 12.0 Å². The number of aryl methyl sites for hydroxylation is 1. The van der Waals surface area contributed by atoms with Gasteiger partial charge in [-0.3, -0.25) is 4.79 Å². The Morgan fingerprint density at radius 1 is 1.07 bits per heavy atom. The van der Waals surface area contributed by atoms with Gasteiger partial charge in [-0.25, -0.2) is 4.98 Å². The first kappa shape index (κ1) is 20.6. The van der Waals surface area contributed by atoms with Crippen LogP contribution in [-0.4, -0.2) is 27.8 Å². The summed E-state index contributed by atoms with van der Waals surface area (Å²) in [5, 5.41) is 3.43. The molecule has 1 heterocycles. The molecule has 29 heavy (non-hydrogen) atoms. The van der Waals surface area contributed by atoms with Gasteiger partial charge in [0.15, 0.2) is 0 Å². The van der Waals surface area contributed by atoms with E-state index in [1.165, 1.54) is 5.56 Å². The van der Waals surface area contributed by atoms with E-state index in [4.69, 9.17) is 0 Å². The van der Waals surface area contributed by atoms with Gasteiger partial charge in [0.1, 0.15) is 5.82 Å². The Kier molecular flexibility index (Phi) is 6.98. The van der Waals surface area contributed by atoms with Crippen LogP contribution in [0.3, 0.4) is 0 Å². The Labute approximate surface area is 172 Å². The molecule has 150 valence electrons.